The minimum atomic E-state index is -1.30. The highest BCUT2D eigenvalue weighted by Gasteiger charge is 2.40. The summed E-state index contributed by atoms with van der Waals surface area (Å²) < 4.78 is 4.98. The fourth-order valence-corrected chi connectivity index (χ4v) is 2.55. The maximum atomic E-state index is 11.6. The second-order valence-corrected chi connectivity index (χ2v) is 7.25. The molecule has 1 fully saturated rings. The predicted molar refractivity (Wildman–Crippen MR) is 100 cm³/mol. The van der Waals surface area contributed by atoms with Crippen LogP contribution in [0.25, 0.3) is 0 Å². The first-order valence-corrected chi connectivity index (χ1v) is 9.40. The van der Waals surface area contributed by atoms with Crippen molar-refractivity contribution < 1.29 is 34.8 Å². The van der Waals surface area contributed by atoms with Crippen LogP contribution in [0, 0.1) is 5.92 Å². The van der Waals surface area contributed by atoms with E-state index in [1.54, 1.807) is 13.8 Å². The van der Waals surface area contributed by atoms with E-state index < -0.39 is 29.8 Å². The Morgan fingerprint density at radius 1 is 1.33 bits per heavy atom. The smallest absolute Gasteiger partial charge is 0.323 e. The molecular weight excluding hydrogens is 356 g/mol. The van der Waals surface area contributed by atoms with Gasteiger partial charge in [0.15, 0.2) is 0 Å². The number of aliphatic hydroxyl groups excluding tert-OH is 2. The van der Waals surface area contributed by atoms with Crippen LogP contribution in [0.1, 0.15) is 47.5 Å². The third-order valence-electron chi connectivity index (χ3n) is 4.58. The van der Waals surface area contributed by atoms with Crippen LogP contribution in [0.4, 0.5) is 0 Å². The van der Waals surface area contributed by atoms with Crippen LogP contribution in [0.3, 0.4) is 0 Å². The Hall–Kier alpha value is -1.26. The summed E-state index contributed by atoms with van der Waals surface area (Å²) in [5.41, 5.74) is -1.30. The number of β-amino-alcohol motifs (C(OH)–C–C–N with tert-alkyl or cyclic N) is 1. The Kier molecular flexibility index (Phi) is 11.7. The van der Waals surface area contributed by atoms with Gasteiger partial charge in [0.1, 0.15) is 12.1 Å². The Morgan fingerprint density at radius 2 is 1.93 bits per heavy atom. The van der Waals surface area contributed by atoms with Gasteiger partial charge in [0.25, 0.3) is 0 Å². The SMILES string of the molecule is CC1(O)CC(C(=O)O)NCC1O.CCOC(=O)[C@@H](NCC(C)O)C(C)CC. The van der Waals surface area contributed by atoms with Crippen molar-refractivity contribution in [2.45, 2.75) is 77.4 Å². The van der Waals surface area contributed by atoms with E-state index in [2.05, 4.69) is 10.6 Å². The normalized spacial score (nSPS) is 28.3. The van der Waals surface area contributed by atoms with E-state index in [4.69, 9.17) is 14.9 Å². The molecular formula is C18H36N2O7. The van der Waals surface area contributed by atoms with Gasteiger partial charge in [-0.05, 0) is 26.7 Å². The molecule has 27 heavy (non-hydrogen) atoms. The molecule has 1 heterocycles. The molecule has 0 aromatic carbocycles. The number of piperidine rings is 1. The lowest BCUT2D eigenvalue weighted by atomic mass is 9.87. The highest BCUT2D eigenvalue weighted by Crippen LogP contribution is 2.21. The lowest BCUT2D eigenvalue weighted by Crippen LogP contribution is -2.58. The summed E-state index contributed by atoms with van der Waals surface area (Å²) in [5, 5.41) is 42.1. The average Bonchev–Trinajstić information content (AvgIpc) is 2.57. The van der Waals surface area contributed by atoms with Crippen molar-refractivity contribution in [1.82, 2.24) is 10.6 Å². The van der Waals surface area contributed by atoms with Crippen molar-refractivity contribution in [3.05, 3.63) is 0 Å². The molecule has 0 amide bonds. The van der Waals surface area contributed by atoms with Gasteiger partial charge in [0, 0.05) is 19.5 Å². The number of carboxylic acids is 1. The van der Waals surface area contributed by atoms with Crippen molar-refractivity contribution in [2.24, 2.45) is 5.92 Å². The van der Waals surface area contributed by atoms with Crippen LogP contribution in [0.15, 0.2) is 0 Å². The number of hydrogen-bond donors (Lipinski definition) is 6. The molecule has 9 heteroatoms. The lowest BCUT2D eigenvalue weighted by Gasteiger charge is -2.37. The van der Waals surface area contributed by atoms with Crippen LogP contribution in [-0.4, -0.2) is 82.0 Å². The number of esters is 1. The molecule has 1 saturated heterocycles. The standard InChI is InChI=1S/C11H23NO3.C7H13NO4/c1-5-8(3)10(11(14)15-6-2)12-7-9(4)13;1-7(12)2-4(6(10)11)8-3-5(7)9/h8-10,12-13H,5-7H2,1-4H3;4-5,8-9,12H,2-3H2,1H3,(H,10,11)/t8?,9?,10-;/m0./s1. The van der Waals surface area contributed by atoms with E-state index in [0.29, 0.717) is 13.2 Å². The van der Waals surface area contributed by atoms with E-state index in [1.165, 1.54) is 6.92 Å². The molecule has 6 N–H and O–H groups in total. The molecule has 0 aromatic heterocycles. The molecule has 0 spiro atoms. The van der Waals surface area contributed by atoms with Gasteiger partial charge in [-0.15, -0.1) is 0 Å². The van der Waals surface area contributed by atoms with Gasteiger partial charge in [0.2, 0.25) is 0 Å². The number of nitrogens with one attached hydrogen (secondary N) is 2. The molecule has 0 aromatic rings. The molecule has 0 bridgehead atoms. The van der Waals surface area contributed by atoms with E-state index >= 15 is 0 Å². The third-order valence-corrected chi connectivity index (χ3v) is 4.58. The van der Waals surface area contributed by atoms with E-state index in [-0.39, 0.29) is 30.9 Å². The highest BCUT2D eigenvalue weighted by atomic mass is 16.5. The molecule has 0 saturated carbocycles. The molecule has 6 atom stereocenters. The summed E-state index contributed by atoms with van der Waals surface area (Å²) in [6.07, 6.45) is -0.418. The van der Waals surface area contributed by atoms with E-state index in [9.17, 15) is 19.8 Å². The summed E-state index contributed by atoms with van der Waals surface area (Å²) in [7, 11) is 0. The zero-order valence-corrected chi connectivity index (χ0v) is 16.9. The maximum absolute atomic E-state index is 11.6. The number of carbonyl (C=O) groups is 2. The molecule has 0 radical (unpaired) electrons. The van der Waals surface area contributed by atoms with Crippen molar-refractivity contribution >= 4 is 11.9 Å². The molecule has 1 aliphatic rings. The Balaban J connectivity index is 0.000000511. The second kappa shape index (κ2) is 12.2. The molecule has 1 aliphatic heterocycles. The van der Waals surface area contributed by atoms with Crippen LogP contribution in [-0.2, 0) is 14.3 Å². The van der Waals surface area contributed by atoms with Gasteiger partial charge in [-0.25, -0.2) is 0 Å². The summed E-state index contributed by atoms with van der Waals surface area (Å²) in [6.45, 7) is 9.86. The number of aliphatic hydroxyl groups is 3. The molecule has 1 rings (SSSR count). The van der Waals surface area contributed by atoms with Gasteiger partial charge in [-0.1, -0.05) is 20.3 Å². The quantitative estimate of drug-likeness (QED) is 0.300. The Labute approximate surface area is 161 Å². The van der Waals surface area contributed by atoms with Crippen LogP contribution in [0.2, 0.25) is 0 Å². The van der Waals surface area contributed by atoms with Crippen LogP contribution >= 0.6 is 0 Å². The van der Waals surface area contributed by atoms with Crippen molar-refractivity contribution in [2.75, 3.05) is 19.7 Å². The minimum absolute atomic E-state index is 0.0312. The third kappa shape index (κ3) is 9.48. The van der Waals surface area contributed by atoms with Crippen molar-refractivity contribution in [1.29, 1.82) is 0 Å². The Bertz CT molecular complexity index is 457. The zero-order valence-electron chi connectivity index (χ0n) is 16.9. The summed E-state index contributed by atoms with van der Waals surface area (Å²) in [6, 6.07) is -1.08. The first-order chi connectivity index (χ1) is 12.5. The number of ether oxygens (including phenoxy) is 1. The van der Waals surface area contributed by atoms with E-state index in [1.807, 2.05) is 13.8 Å². The van der Waals surface area contributed by atoms with Crippen LogP contribution < -0.4 is 10.6 Å². The highest BCUT2D eigenvalue weighted by molar-refractivity contribution is 5.76. The fourth-order valence-electron chi connectivity index (χ4n) is 2.55. The van der Waals surface area contributed by atoms with Gasteiger partial charge in [-0.2, -0.15) is 0 Å². The predicted octanol–water partition coefficient (Wildman–Crippen LogP) is -0.521. The monoisotopic (exact) mass is 392 g/mol. The maximum Gasteiger partial charge on any atom is 0.323 e. The number of aliphatic carboxylic acids is 1. The average molecular weight is 392 g/mol. The zero-order chi connectivity index (χ0) is 21.2. The topological polar surface area (TPSA) is 148 Å². The van der Waals surface area contributed by atoms with Gasteiger partial charge in [0.05, 0.1) is 24.4 Å². The molecule has 5 unspecified atom stereocenters. The number of carboxylic acid groups (broad SMARTS) is 1. The minimum Gasteiger partial charge on any atom is -0.480 e. The Morgan fingerprint density at radius 3 is 2.33 bits per heavy atom. The first kappa shape index (κ1) is 25.7. The lowest BCUT2D eigenvalue weighted by molar-refractivity contribution is -0.148. The molecule has 0 aliphatic carbocycles. The molecule has 9 nitrogen and oxygen atoms in total. The van der Waals surface area contributed by atoms with Gasteiger partial charge >= 0.3 is 11.9 Å². The number of carbonyl (C=O) groups excluding carboxylic acids is 1. The number of rotatable bonds is 8. The van der Waals surface area contributed by atoms with Gasteiger partial charge in [-0.3, -0.25) is 9.59 Å². The number of hydrogen-bond acceptors (Lipinski definition) is 8. The first-order valence-electron chi connectivity index (χ1n) is 9.40. The largest absolute Gasteiger partial charge is 0.480 e. The second-order valence-electron chi connectivity index (χ2n) is 7.25. The van der Waals surface area contributed by atoms with E-state index in [0.717, 1.165) is 6.42 Å². The van der Waals surface area contributed by atoms with Gasteiger partial charge < -0.3 is 35.8 Å². The van der Waals surface area contributed by atoms with Crippen molar-refractivity contribution in [3.63, 3.8) is 0 Å². The van der Waals surface area contributed by atoms with Crippen LogP contribution in [0.5, 0.6) is 0 Å². The summed E-state index contributed by atoms with van der Waals surface area (Å²) >= 11 is 0. The molecule has 160 valence electrons. The summed E-state index contributed by atoms with van der Waals surface area (Å²) in [4.78, 5) is 22.1. The fraction of sp³-hybridized carbons (Fsp3) is 0.889. The summed E-state index contributed by atoms with van der Waals surface area (Å²) in [5.74, 6) is -1.02. The van der Waals surface area contributed by atoms with Crippen molar-refractivity contribution in [3.8, 4) is 0 Å².